The summed E-state index contributed by atoms with van der Waals surface area (Å²) in [6, 6.07) is 0. The van der Waals surface area contributed by atoms with Gasteiger partial charge in [-0.2, -0.15) is 0 Å². The lowest BCUT2D eigenvalue weighted by Crippen LogP contribution is -2.56. The van der Waals surface area contributed by atoms with Crippen LogP contribution in [0.3, 0.4) is 0 Å². The van der Waals surface area contributed by atoms with Crippen molar-refractivity contribution >= 4 is 11.9 Å². The van der Waals surface area contributed by atoms with Gasteiger partial charge in [-0.05, 0) is 59.2 Å². The molecule has 0 radical (unpaired) electrons. The third-order valence-electron chi connectivity index (χ3n) is 5.14. The van der Waals surface area contributed by atoms with E-state index in [2.05, 4.69) is 18.9 Å². The molecule has 1 amide bonds. The van der Waals surface area contributed by atoms with E-state index < -0.39 is 5.54 Å². The Labute approximate surface area is 134 Å². The maximum Gasteiger partial charge on any atom is 0.332 e. The Morgan fingerprint density at radius 2 is 1.86 bits per heavy atom. The lowest BCUT2D eigenvalue weighted by Gasteiger charge is -2.39. The highest BCUT2D eigenvalue weighted by molar-refractivity contribution is 5.89. The largest absolute Gasteiger partial charge is 0.464 e. The van der Waals surface area contributed by atoms with Crippen molar-refractivity contribution in [1.29, 1.82) is 0 Å². The van der Waals surface area contributed by atoms with Crippen molar-refractivity contribution < 1.29 is 14.3 Å². The summed E-state index contributed by atoms with van der Waals surface area (Å²) in [6.45, 7) is 6.90. The van der Waals surface area contributed by atoms with Crippen molar-refractivity contribution in [1.82, 2.24) is 9.80 Å². The molecule has 2 fully saturated rings. The van der Waals surface area contributed by atoms with E-state index in [0.29, 0.717) is 19.6 Å². The second-order valence-electron chi connectivity index (χ2n) is 6.67. The summed E-state index contributed by atoms with van der Waals surface area (Å²) in [5.41, 5.74) is -0.703. The van der Waals surface area contributed by atoms with Gasteiger partial charge in [0.25, 0.3) is 0 Å². The molecule has 2 heterocycles. The van der Waals surface area contributed by atoms with E-state index >= 15 is 0 Å². The van der Waals surface area contributed by atoms with E-state index in [9.17, 15) is 9.59 Å². The van der Waals surface area contributed by atoms with Gasteiger partial charge >= 0.3 is 5.97 Å². The number of piperidine rings is 1. The molecule has 5 heteroatoms. The van der Waals surface area contributed by atoms with Crippen LogP contribution in [0, 0.1) is 5.92 Å². The summed E-state index contributed by atoms with van der Waals surface area (Å²) in [5, 5.41) is 0. The van der Waals surface area contributed by atoms with Crippen LogP contribution in [-0.4, -0.2) is 60.5 Å². The van der Waals surface area contributed by atoms with Crippen molar-refractivity contribution in [3.63, 3.8) is 0 Å². The van der Waals surface area contributed by atoms with Crippen LogP contribution >= 0.6 is 0 Å². The fraction of sp³-hybridized carbons (Fsp3) is 0.882. The van der Waals surface area contributed by atoms with Gasteiger partial charge < -0.3 is 14.5 Å². The molecule has 0 bridgehead atoms. The molecule has 1 atom stereocenters. The van der Waals surface area contributed by atoms with Gasteiger partial charge in [-0.25, -0.2) is 4.79 Å². The van der Waals surface area contributed by atoms with Gasteiger partial charge in [-0.1, -0.05) is 13.3 Å². The normalized spacial score (nSPS) is 27.1. The Balaban J connectivity index is 2.15. The van der Waals surface area contributed by atoms with Gasteiger partial charge in [-0.3, -0.25) is 4.79 Å². The molecular weight excluding hydrogens is 280 g/mol. The number of esters is 1. The van der Waals surface area contributed by atoms with Crippen LogP contribution in [0.2, 0.25) is 0 Å². The summed E-state index contributed by atoms with van der Waals surface area (Å²) in [7, 11) is 2.09. The molecule has 126 valence electrons. The Morgan fingerprint density at radius 1 is 1.18 bits per heavy atom. The number of carbonyl (C=O) groups excluding carboxylic acids is 2. The summed E-state index contributed by atoms with van der Waals surface area (Å²) < 4.78 is 5.33. The van der Waals surface area contributed by atoms with E-state index in [4.69, 9.17) is 4.74 Å². The predicted molar refractivity (Wildman–Crippen MR) is 85.4 cm³/mol. The van der Waals surface area contributed by atoms with Crippen LogP contribution in [0.5, 0.6) is 0 Å². The molecule has 2 saturated heterocycles. The number of hydrogen-bond acceptors (Lipinski definition) is 4. The molecule has 2 aliphatic heterocycles. The zero-order valence-corrected chi connectivity index (χ0v) is 14.3. The average Bonchev–Trinajstić information content (AvgIpc) is 2.93. The Bertz CT molecular complexity index is 405. The van der Waals surface area contributed by atoms with Gasteiger partial charge in [0.1, 0.15) is 5.54 Å². The fourth-order valence-corrected chi connectivity index (χ4v) is 3.93. The van der Waals surface area contributed by atoms with Crippen LogP contribution in [-0.2, 0) is 14.3 Å². The number of rotatable bonds is 5. The zero-order chi connectivity index (χ0) is 16.2. The highest BCUT2D eigenvalue weighted by Crippen LogP contribution is 2.37. The van der Waals surface area contributed by atoms with Gasteiger partial charge in [-0.15, -0.1) is 0 Å². The minimum Gasteiger partial charge on any atom is -0.464 e. The fourth-order valence-electron chi connectivity index (χ4n) is 3.93. The van der Waals surface area contributed by atoms with E-state index in [1.54, 1.807) is 0 Å². The van der Waals surface area contributed by atoms with Crippen molar-refractivity contribution in [2.75, 3.05) is 33.3 Å². The molecule has 0 spiro atoms. The Morgan fingerprint density at radius 3 is 2.45 bits per heavy atom. The topological polar surface area (TPSA) is 49.9 Å². The minimum atomic E-state index is -0.703. The number of amides is 1. The summed E-state index contributed by atoms with van der Waals surface area (Å²) in [6.07, 6.45) is 5.04. The lowest BCUT2D eigenvalue weighted by molar-refractivity contribution is -0.164. The summed E-state index contributed by atoms with van der Waals surface area (Å²) >= 11 is 0. The average molecular weight is 310 g/mol. The molecule has 0 aliphatic carbocycles. The number of nitrogens with zero attached hydrogens (tertiary/aromatic N) is 2. The lowest BCUT2D eigenvalue weighted by atomic mass is 9.88. The van der Waals surface area contributed by atoms with E-state index in [0.717, 1.165) is 45.2 Å². The monoisotopic (exact) mass is 310 g/mol. The first kappa shape index (κ1) is 17.3. The van der Waals surface area contributed by atoms with Crippen molar-refractivity contribution in [3.8, 4) is 0 Å². The first-order chi connectivity index (χ1) is 10.5. The SMILES string of the molecule is CCC[C@@]1(C(=O)OCC)CCCN1C(=O)C1CCN(C)CC1. The Kier molecular flexibility index (Phi) is 5.84. The van der Waals surface area contributed by atoms with Crippen LogP contribution in [0.15, 0.2) is 0 Å². The van der Waals surface area contributed by atoms with Crippen LogP contribution in [0.4, 0.5) is 0 Å². The molecule has 0 aromatic rings. The number of ether oxygens (including phenoxy) is 1. The maximum atomic E-state index is 13.0. The summed E-state index contributed by atoms with van der Waals surface area (Å²) in [4.78, 5) is 29.7. The molecule has 22 heavy (non-hydrogen) atoms. The van der Waals surface area contributed by atoms with Crippen LogP contribution < -0.4 is 0 Å². The smallest absolute Gasteiger partial charge is 0.332 e. The quantitative estimate of drug-likeness (QED) is 0.729. The zero-order valence-electron chi connectivity index (χ0n) is 14.3. The van der Waals surface area contributed by atoms with Gasteiger partial charge in [0.2, 0.25) is 5.91 Å². The molecule has 2 aliphatic rings. The van der Waals surface area contributed by atoms with E-state index in [1.165, 1.54) is 0 Å². The van der Waals surface area contributed by atoms with E-state index in [-0.39, 0.29) is 17.8 Å². The highest BCUT2D eigenvalue weighted by Gasteiger charge is 2.51. The highest BCUT2D eigenvalue weighted by atomic mass is 16.5. The number of hydrogen-bond donors (Lipinski definition) is 0. The van der Waals surface area contributed by atoms with Gasteiger partial charge in [0.15, 0.2) is 0 Å². The molecule has 0 N–H and O–H groups in total. The maximum absolute atomic E-state index is 13.0. The second-order valence-corrected chi connectivity index (χ2v) is 6.67. The third kappa shape index (κ3) is 3.29. The van der Waals surface area contributed by atoms with Gasteiger partial charge in [0, 0.05) is 12.5 Å². The summed E-state index contributed by atoms with van der Waals surface area (Å²) in [5.74, 6) is 0.0442. The third-order valence-corrected chi connectivity index (χ3v) is 5.14. The van der Waals surface area contributed by atoms with Gasteiger partial charge in [0.05, 0.1) is 6.61 Å². The molecule has 0 saturated carbocycles. The predicted octanol–water partition coefficient (Wildman–Crippen LogP) is 2.05. The molecule has 0 aromatic heterocycles. The van der Waals surface area contributed by atoms with Crippen molar-refractivity contribution in [2.45, 2.75) is 57.9 Å². The first-order valence-corrected chi connectivity index (χ1v) is 8.72. The van der Waals surface area contributed by atoms with Crippen LogP contribution in [0.1, 0.15) is 52.4 Å². The van der Waals surface area contributed by atoms with Crippen LogP contribution in [0.25, 0.3) is 0 Å². The standard InChI is InChI=1S/C17H30N2O3/c1-4-9-17(16(21)22-5-2)10-6-11-19(17)15(20)14-7-12-18(3)13-8-14/h14H,4-13H2,1-3H3/t17-/m0/s1. The molecular formula is C17H30N2O3. The molecule has 0 aromatic carbocycles. The second kappa shape index (κ2) is 7.44. The number of carbonyl (C=O) groups is 2. The minimum absolute atomic E-state index is 0.0694. The number of likely N-dealkylation sites (tertiary alicyclic amines) is 2. The molecule has 5 nitrogen and oxygen atoms in total. The van der Waals surface area contributed by atoms with Crippen molar-refractivity contribution in [3.05, 3.63) is 0 Å². The molecule has 2 rings (SSSR count). The first-order valence-electron chi connectivity index (χ1n) is 8.72. The van der Waals surface area contributed by atoms with E-state index in [1.807, 2.05) is 11.8 Å². The van der Waals surface area contributed by atoms with Crippen molar-refractivity contribution in [2.24, 2.45) is 5.92 Å². The Hall–Kier alpha value is -1.10. The molecule has 0 unspecified atom stereocenters.